The van der Waals surface area contributed by atoms with Gasteiger partial charge < -0.3 is 19.9 Å². The van der Waals surface area contributed by atoms with Gasteiger partial charge in [-0.1, -0.05) is 30.3 Å². The number of thiophene rings is 1. The number of para-hydroxylation sites is 1. The fraction of sp³-hybridized carbons (Fsp3) is 0.379. The lowest BCUT2D eigenvalue weighted by Crippen LogP contribution is -2.48. The zero-order valence-electron chi connectivity index (χ0n) is 22.0. The average Bonchev–Trinajstić information content (AvgIpc) is 3.33. The van der Waals surface area contributed by atoms with Crippen LogP contribution in [0.4, 0.5) is 14.9 Å². The molecule has 0 spiro atoms. The number of morpholine rings is 1. The molecule has 1 N–H and O–H groups in total. The molecule has 1 aliphatic rings. The van der Waals surface area contributed by atoms with Crippen LogP contribution in [0.5, 0.6) is 0 Å². The summed E-state index contributed by atoms with van der Waals surface area (Å²) in [5.41, 5.74) is 3.62. The smallest absolute Gasteiger partial charge is 0.322 e. The van der Waals surface area contributed by atoms with Crippen LogP contribution in [-0.2, 0) is 22.6 Å². The maximum atomic E-state index is 13.7. The zero-order valence-corrected chi connectivity index (χ0v) is 22.8. The molecule has 0 radical (unpaired) electrons. The van der Waals surface area contributed by atoms with Crippen LogP contribution in [0.3, 0.4) is 0 Å². The molecule has 0 saturated carbocycles. The number of nitrogens with one attached hydrogen (secondary N) is 1. The molecule has 1 aromatic heterocycles. The average molecular weight is 539 g/mol. The van der Waals surface area contributed by atoms with Gasteiger partial charge >= 0.3 is 6.03 Å². The van der Waals surface area contributed by atoms with E-state index < -0.39 is 0 Å². The van der Waals surface area contributed by atoms with Gasteiger partial charge in [0.25, 0.3) is 0 Å². The summed E-state index contributed by atoms with van der Waals surface area (Å²) in [7, 11) is 0. The minimum atomic E-state index is -0.317. The number of nitrogens with zero attached hydrogens (tertiary/aromatic N) is 3. The number of amides is 3. The van der Waals surface area contributed by atoms with E-state index >= 15 is 0 Å². The molecule has 0 unspecified atom stereocenters. The Morgan fingerprint density at radius 1 is 0.974 bits per heavy atom. The van der Waals surface area contributed by atoms with Gasteiger partial charge in [0.15, 0.2) is 0 Å². The second-order valence-electron chi connectivity index (χ2n) is 9.52. The standard InChI is InChI=1S/C29H35FN4O3S/c1-22-5-3-4-6-26(22)31-29(36)33(13-12-32-14-16-37-17-15-32)21-28(35)34(20-27-23(2)11-18-38-27)19-24-7-9-25(30)10-8-24/h3-11,18H,12-17,19-21H2,1-2H3,(H,31,36). The van der Waals surface area contributed by atoms with E-state index in [1.807, 2.05) is 49.6 Å². The third-order valence-corrected chi connectivity index (χ3v) is 7.74. The van der Waals surface area contributed by atoms with Crippen LogP contribution in [0.25, 0.3) is 0 Å². The fourth-order valence-electron chi connectivity index (χ4n) is 4.29. The van der Waals surface area contributed by atoms with Crippen LogP contribution in [0.2, 0.25) is 0 Å². The maximum Gasteiger partial charge on any atom is 0.322 e. The van der Waals surface area contributed by atoms with Crippen LogP contribution >= 0.6 is 11.3 Å². The van der Waals surface area contributed by atoms with Gasteiger partial charge in [-0.05, 0) is 60.2 Å². The van der Waals surface area contributed by atoms with Crippen molar-refractivity contribution in [2.24, 2.45) is 0 Å². The molecule has 0 bridgehead atoms. The van der Waals surface area contributed by atoms with Crippen LogP contribution in [-0.4, -0.2) is 72.6 Å². The maximum absolute atomic E-state index is 13.7. The number of halogens is 1. The van der Waals surface area contributed by atoms with Crippen molar-refractivity contribution in [3.8, 4) is 0 Å². The molecule has 1 fully saturated rings. The first-order valence-corrected chi connectivity index (χ1v) is 13.7. The Kier molecular flexibility index (Phi) is 9.86. The van der Waals surface area contributed by atoms with Gasteiger partial charge in [0.2, 0.25) is 5.91 Å². The lowest BCUT2D eigenvalue weighted by molar-refractivity contribution is -0.133. The lowest BCUT2D eigenvalue weighted by atomic mass is 10.2. The first-order valence-electron chi connectivity index (χ1n) is 12.9. The molecule has 1 aliphatic heterocycles. The van der Waals surface area contributed by atoms with Crippen molar-refractivity contribution in [2.45, 2.75) is 26.9 Å². The Labute approximate surface area is 227 Å². The van der Waals surface area contributed by atoms with Crippen LogP contribution < -0.4 is 5.32 Å². The Balaban J connectivity index is 1.51. The molecular formula is C29H35FN4O3S. The van der Waals surface area contributed by atoms with E-state index in [0.29, 0.717) is 39.4 Å². The summed E-state index contributed by atoms with van der Waals surface area (Å²) in [6.45, 7) is 8.65. The Bertz CT molecular complexity index is 1210. The van der Waals surface area contributed by atoms with Gasteiger partial charge in [-0.15, -0.1) is 11.3 Å². The highest BCUT2D eigenvalue weighted by Gasteiger charge is 2.24. The van der Waals surface area contributed by atoms with Crippen LogP contribution in [0, 0.1) is 19.7 Å². The van der Waals surface area contributed by atoms with E-state index in [0.717, 1.165) is 40.3 Å². The number of carbonyl (C=O) groups excluding carboxylic acids is 2. The van der Waals surface area contributed by atoms with Crippen molar-refractivity contribution in [1.82, 2.24) is 14.7 Å². The monoisotopic (exact) mass is 538 g/mol. The highest BCUT2D eigenvalue weighted by molar-refractivity contribution is 7.10. The molecule has 0 aliphatic carbocycles. The molecule has 2 heterocycles. The van der Waals surface area contributed by atoms with E-state index in [2.05, 4.69) is 10.2 Å². The lowest BCUT2D eigenvalue weighted by Gasteiger charge is -2.31. The van der Waals surface area contributed by atoms with E-state index in [1.165, 1.54) is 12.1 Å². The van der Waals surface area contributed by atoms with Gasteiger partial charge in [0.1, 0.15) is 12.4 Å². The summed E-state index contributed by atoms with van der Waals surface area (Å²) in [5, 5.41) is 5.00. The van der Waals surface area contributed by atoms with Crippen molar-refractivity contribution >= 4 is 29.0 Å². The molecule has 2 aromatic carbocycles. The molecule has 4 rings (SSSR count). The fourth-order valence-corrected chi connectivity index (χ4v) is 5.21. The summed E-state index contributed by atoms with van der Waals surface area (Å²) in [4.78, 5) is 33.8. The predicted molar refractivity (Wildman–Crippen MR) is 149 cm³/mol. The molecule has 7 nitrogen and oxygen atoms in total. The summed E-state index contributed by atoms with van der Waals surface area (Å²) >= 11 is 1.60. The second kappa shape index (κ2) is 13.5. The molecule has 0 atom stereocenters. The number of benzene rings is 2. The van der Waals surface area contributed by atoms with Crippen molar-refractivity contribution < 1.29 is 18.7 Å². The molecule has 3 amide bonds. The molecule has 1 saturated heterocycles. The number of ether oxygens (including phenoxy) is 1. The molecule has 3 aromatic rings. The third-order valence-electron chi connectivity index (χ3n) is 6.73. The number of hydrogen-bond donors (Lipinski definition) is 1. The van der Waals surface area contributed by atoms with Crippen molar-refractivity contribution in [2.75, 3.05) is 51.3 Å². The minimum Gasteiger partial charge on any atom is -0.379 e. The first-order chi connectivity index (χ1) is 18.4. The number of anilines is 1. The molecule has 9 heteroatoms. The number of urea groups is 1. The number of carbonyl (C=O) groups is 2. The zero-order chi connectivity index (χ0) is 26.9. The van der Waals surface area contributed by atoms with E-state index in [-0.39, 0.29) is 24.3 Å². The van der Waals surface area contributed by atoms with Gasteiger partial charge in [0, 0.05) is 43.3 Å². The van der Waals surface area contributed by atoms with Crippen molar-refractivity contribution in [3.63, 3.8) is 0 Å². The van der Waals surface area contributed by atoms with Gasteiger partial charge in [-0.3, -0.25) is 9.69 Å². The summed E-state index contributed by atoms with van der Waals surface area (Å²) in [5.74, 6) is -0.480. The van der Waals surface area contributed by atoms with Gasteiger partial charge in [0.05, 0.1) is 19.8 Å². The highest BCUT2D eigenvalue weighted by atomic mass is 32.1. The third kappa shape index (κ3) is 7.86. The van der Waals surface area contributed by atoms with E-state index in [1.54, 1.807) is 33.3 Å². The van der Waals surface area contributed by atoms with Gasteiger partial charge in [-0.25, -0.2) is 9.18 Å². The first kappa shape index (κ1) is 27.8. The highest BCUT2D eigenvalue weighted by Crippen LogP contribution is 2.20. The quantitative estimate of drug-likeness (QED) is 0.399. The largest absolute Gasteiger partial charge is 0.379 e. The van der Waals surface area contributed by atoms with Gasteiger partial charge in [-0.2, -0.15) is 0 Å². The topological polar surface area (TPSA) is 65.1 Å². The number of hydrogen-bond acceptors (Lipinski definition) is 5. The van der Waals surface area contributed by atoms with Crippen molar-refractivity contribution in [1.29, 1.82) is 0 Å². The Morgan fingerprint density at radius 3 is 2.39 bits per heavy atom. The SMILES string of the molecule is Cc1ccccc1NC(=O)N(CCN1CCOCC1)CC(=O)N(Cc1ccc(F)cc1)Cc1sccc1C. The normalized spacial score (nSPS) is 13.8. The minimum absolute atomic E-state index is 0.0618. The summed E-state index contributed by atoms with van der Waals surface area (Å²) in [6, 6.07) is 15.5. The van der Waals surface area contributed by atoms with Crippen LogP contribution in [0.1, 0.15) is 21.6 Å². The predicted octanol–water partition coefficient (Wildman–Crippen LogP) is 4.90. The summed E-state index contributed by atoms with van der Waals surface area (Å²) in [6.07, 6.45) is 0. The van der Waals surface area contributed by atoms with E-state index in [9.17, 15) is 14.0 Å². The molecule has 38 heavy (non-hydrogen) atoms. The molecular weight excluding hydrogens is 503 g/mol. The van der Waals surface area contributed by atoms with Crippen LogP contribution in [0.15, 0.2) is 60.0 Å². The number of aryl methyl sites for hydroxylation is 2. The summed E-state index contributed by atoms with van der Waals surface area (Å²) < 4.78 is 19.0. The van der Waals surface area contributed by atoms with Crippen molar-refractivity contribution in [3.05, 3.63) is 87.4 Å². The molecule has 202 valence electrons. The second-order valence-corrected chi connectivity index (χ2v) is 10.5. The Hall–Kier alpha value is -3.27. The number of rotatable bonds is 10. The van der Waals surface area contributed by atoms with E-state index in [4.69, 9.17) is 4.74 Å². The Morgan fingerprint density at radius 2 is 1.71 bits per heavy atom.